The van der Waals surface area contributed by atoms with Gasteiger partial charge < -0.3 is 9.47 Å². The predicted octanol–water partition coefficient (Wildman–Crippen LogP) is 1.43. The Labute approximate surface area is 136 Å². The van der Waals surface area contributed by atoms with Crippen LogP contribution in [0, 0.1) is 5.92 Å². The normalized spacial score (nSPS) is 27.0. The number of aromatic nitrogens is 1. The Bertz CT molecular complexity index is 654. The second-order valence-electron chi connectivity index (χ2n) is 6.74. The van der Waals surface area contributed by atoms with Crippen LogP contribution < -0.4 is 4.74 Å². The van der Waals surface area contributed by atoms with Crippen molar-refractivity contribution in [2.75, 3.05) is 26.3 Å². The van der Waals surface area contributed by atoms with E-state index < -0.39 is 10.0 Å². The average Bonchev–Trinajstić information content (AvgIpc) is 3.28. The Hall–Kier alpha value is -1.18. The molecule has 0 N–H and O–H groups in total. The summed E-state index contributed by atoms with van der Waals surface area (Å²) >= 11 is 0. The highest BCUT2D eigenvalue weighted by Crippen LogP contribution is 2.45. The first-order valence-corrected chi connectivity index (χ1v) is 9.76. The van der Waals surface area contributed by atoms with Gasteiger partial charge in [-0.3, -0.25) is 4.98 Å². The monoisotopic (exact) mass is 338 g/mol. The molecule has 1 aromatic heterocycles. The average molecular weight is 338 g/mol. The van der Waals surface area contributed by atoms with Crippen molar-refractivity contribution in [1.82, 2.24) is 9.29 Å². The van der Waals surface area contributed by atoms with E-state index in [1.807, 2.05) is 12.1 Å². The van der Waals surface area contributed by atoms with Gasteiger partial charge in [-0.25, -0.2) is 8.42 Å². The topological polar surface area (TPSA) is 68.7 Å². The number of pyridine rings is 1. The zero-order valence-electron chi connectivity index (χ0n) is 13.1. The number of hydrogen-bond donors (Lipinski definition) is 0. The van der Waals surface area contributed by atoms with Crippen molar-refractivity contribution in [3.05, 3.63) is 24.5 Å². The Balaban J connectivity index is 1.31. The summed E-state index contributed by atoms with van der Waals surface area (Å²) in [6.07, 6.45) is 6.91. The van der Waals surface area contributed by atoms with E-state index in [0.29, 0.717) is 25.6 Å². The van der Waals surface area contributed by atoms with Crippen LogP contribution in [-0.2, 0) is 14.8 Å². The first kappa shape index (κ1) is 15.4. The van der Waals surface area contributed by atoms with Crippen LogP contribution >= 0.6 is 0 Å². The molecule has 1 aromatic rings. The van der Waals surface area contributed by atoms with E-state index in [1.54, 1.807) is 16.7 Å². The molecule has 3 heterocycles. The molecule has 2 aliphatic heterocycles. The van der Waals surface area contributed by atoms with Gasteiger partial charge in [0.2, 0.25) is 10.0 Å². The zero-order valence-corrected chi connectivity index (χ0v) is 13.9. The maximum absolute atomic E-state index is 12.3. The van der Waals surface area contributed by atoms with Crippen molar-refractivity contribution in [2.45, 2.75) is 36.5 Å². The highest BCUT2D eigenvalue weighted by Gasteiger charge is 2.58. The molecule has 7 heteroatoms. The molecule has 1 atom stereocenters. The number of rotatable bonds is 6. The van der Waals surface area contributed by atoms with Gasteiger partial charge in [0.25, 0.3) is 0 Å². The molecule has 0 aromatic carbocycles. The van der Waals surface area contributed by atoms with Crippen molar-refractivity contribution >= 4 is 10.0 Å². The van der Waals surface area contributed by atoms with Crippen molar-refractivity contribution in [2.24, 2.45) is 5.92 Å². The molecule has 0 amide bonds. The third-order valence-electron chi connectivity index (χ3n) is 5.16. The molecule has 0 bridgehead atoms. The molecule has 126 valence electrons. The molecule has 0 unspecified atom stereocenters. The van der Waals surface area contributed by atoms with Crippen LogP contribution in [0.15, 0.2) is 24.5 Å². The third-order valence-corrected chi connectivity index (χ3v) is 7.45. The Morgan fingerprint density at radius 3 is 2.87 bits per heavy atom. The quantitative estimate of drug-likeness (QED) is 0.785. The van der Waals surface area contributed by atoms with Crippen LogP contribution in [0.25, 0.3) is 0 Å². The fourth-order valence-electron chi connectivity index (χ4n) is 3.60. The largest absolute Gasteiger partial charge is 0.492 e. The van der Waals surface area contributed by atoms with Crippen LogP contribution in [0.3, 0.4) is 0 Å². The summed E-state index contributed by atoms with van der Waals surface area (Å²) < 4.78 is 37.8. The predicted molar refractivity (Wildman–Crippen MR) is 84.7 cm³/mol. The van der Waals surface area contributed by atoms with Gasteiger partial charge in [0.1, 0.15) is 5.75 Å². The van der Waals surface area contributed by atoms with Gasteiger partial charge in [-0.05, 0) is 43.7 Å². The van der Waals surface area contributed by atoms with E-state index in [9.17, 15) is 8.42 Å². The summed E-state index contributed by atoms with van der Waals surface area (Å²) in [5, 5.41) is -0.131. The van der Waals surface area contributed by atoms with Gasteiger partial charge in [-0.2, -0.15) is 4.31 Å². The summed E-state index contributed by atoms with van der Waals surface area (Å²) in [5.41, 5.74) is -0.278. The van der Waals surface area contributed by atoms with E-state index in [1.165, 1.54) is 0 Å². The van der Waals surface area contributed by atoms with Crippen LogP contribution in [0.2, 0.25) is 0 Å². The lowest BCUT2D eigenvalue weighted by atomic mass is 9.80. The third kappa shape index (κ3) is 2.86. The number of ether oxygens (including phenoxy) is 2. The van der Waals surface area contributed by atoms with Crippen molar-refractivity contribution in [3.63, 3.8) is 0 Å². The Morgan fingerprint density at radius 2 is 2.17 bits per heavy atom. The van der Waals surface area contributed by atoms with E-state index in [4.69, 9.17) is 9.47 Å². The minimum absolute atomic E-state index is 0.131. The molecular weight excluding hydrogens is 316 g/mol. The fraction of sp³-hybridized carbons (Fsp3) is 0.688. The van der Waals surface area contributed by atoms with Gasteiger partial charge in [0.15, 0.2) is 0 Å². The minimum atomic E-state index is -3.07. The molecule has 1 spiro atoms. The standard InChI is InChI=1S/C16H22N2O4S/c19-23(20,15-3-4-15)18-11-16(12-18)13(6-9-22-16)5-8-21-14-2-1-7-17-10-14/h1-2,7,10,13,15H,3-6,8-9,11-12H2/t13-/m0/s1. The first-order valence-electron chi connectivity index (χ1n) is 8.26. The SMILES string of the molecule is O=S(=O)(C1CC1)N1CC2(C1)OCC[C@@H]2CCOc1cccnc1. The summed E-state index contributed by atoms with van der Waals surface area (Å²) in [5.74, 6) is 1.14. The molecule has 3 fully saturated rings. The highest BCUT2D eigenvalue weighted by atomic mass is 32.2. The maximum Gasteiger partial charge on any atom is 0.217 e. The fourth-order valence-corrected chi connectivity index (χ4v) is 5.55. The highest BCUT2D eigenvalue weighted by molar-refractivity contribution is 7.90. The van der Waals surface area contributed by atoms with Crippen LogP contribution in [0.5, 0.6) is 5.75 Å². The van der Waals surface area contributed by atoms with E-state index in [0.717, 1.165) is 38.0 Å². The molecule has 1 aliphatic carbocycles. The van der Waals surface area contributed by atoms with Crippen LogP contribution in [-0.4, -0.2) is 54.9 Å². The van der Waals surface area contributed by atoms with Gasteiger partial charge in [0, 0.05) is 25.9 Å². The number of nitrogens with zero attached hydrogens (tertiary/aromatic N) is 2. The number of hydrogen-bond acceptors (Lipinski definition) is 5. The van der Waals surface area contributed by atoms with Gasteiger partial charge in [-0.15, -0.1) is 0 Å². The van der Waals surface area contributed by atoms with Gasteiger partial charge >= 0.3 is 0 Å². The lowest BCUT2D eigenvalue weighted by Gasteiger charge is -2.49. The summed E-state index contributed by atoms with van der Waals surface area (Å²) in [6, 6.07) is 3.74. The molecular formula is C16H22N2O4S. The molecule has 0 radical (unpaired) electrons. The molecule has 23 heavy (non-hydrogen) atoms. The first-order chi connectivity index (χ1) is 11.1. The van der Waals surface area contributed by atoms with E-state index in [-0.39, 0.29) is 10.9 Å². The second kappa shape index (κ2) is 5.72. The maximum atomic E-state index is 12.3. The lowest BCUT2D eigenvalue weighted by Crippen LogP contribution is -2.66. The molecule has 1 saturated carbocycles. The Morgan fingerprint density at radius 1 is 1.35 bits per heavy atom. The molecule has 6 nitrogen and oxygen atoms in total. The summed E-state index contributed by atoms with van der Waals surface area (Å²) in [6.45, 7) is 2.36. The van der Waals surface area contributed by atoms with E-state index >= 15 is 0 Å². The van der Waals surface area contributed by atoms with Crippen molar-refractivity contribution in [3.8, 4) is 5.75 Å². The Kier molecular flexibility index (Phi) is 3.82. The summed E-state index contributed by atoms with van der Waals surface area (Å²) in [4.78, 5) is 4.03. The van der Waals surface area contributed by atoms with Crippen molar-refractivity contribution in [1.29, 1.82) is 0 Å². The smallest absolute Gasteiger partial charge is 0.217 e. The zero-order chi connectivity index (χ0) is 15.9. The van der Waals surface area contributed by atoms with Crippen LogP contribution in [0.4, 0.5) is 0 Å². The minimum Gasteiger partial charge on any atom is -0.492 e. The lowest BCUT2D eigenvalue weighted by molar-refractivity contribution is -0.104. The molecule has 2 saturated heterocycles. The molecule has 4 rings (SSSR count). The van der Waals surface area contributed by atoms with Crippen molar-refractivity contribution < 1.29 is 17.9 Å². The second-order valence-corrected chi connectivity index (χ2v) is 8.95. The van der Waals surface area contributed by atoms with E-state index in [2.05, 4.69) is 4.98 Å². The van der Waals surface area contributed by atoms with Crippen LogP contribution in [0.1, 0.15) is 25.7 Å². The molecule has 3 aliphatic rings. The van der Waals surface area contributed by atoms with Gasteiger partial charge in [0.05, 0.1) is 23.7 Å². The summed E-state index contributed by atoms with van der Waals surface area (Å²) in [7, 11) is -3.07. The van der Waals surface area contributed by atoms with Gasteiger partial charge in [-0.1, -0.05) is 0 Å². The number of sulfonamides is 1.